The molecule has 0 atom stereocenters. The molecule has 0 heterocycles. The monoisotopic (exact) mass is 376 g/mol. The molecule has 1 aliphatic carbocycles. The molecule has 0 unspecified atom stereocenters. The lowest BCUT2D eigenvalue weighted by Gasteiger charge is -2.13. The summed E-state index contributed by atoms with van der Waals surface area (Å²) in [4.78, 5) is 23.1. The van der Waals surface area contributed by atoms with E-state index >= 15 is 0 Å². The standard InChI is InChI=1S/C16H16ClF3N2O3/c1-9-7-10(5-6-12(9)17)25-8-14(23)22-21-13-4-2-3-11(13)15(24)16(18,19)20/h5-7,21H,2-4,8H2,1H3,(H,22,23). The highest BCUT2D eigenvalue weighted by Gasteiger charge is 2.42. The Kier molecular flexibility index (Phi) is 5.94. The van der Waals surface area contributed by atoms with Gasteiger partial charge >= 0.3 is 6.18 Å². The number of Topliss-reactive ketones (excluding diaryl/α,β-unsaturated/α-hetero) is 1. The number of alkyl halides is 3. The number of amides is 1. The maximum absolute atomic E-state index is 12.5. The van der Waals surface area contributed by atoms with Crippen LogP contribution >= 0.6 is 11.6 Å². The van der Waals surface area contributed by atoms with Gasteiger partial charge in [0, 0.05) is 16.3 Å². The lowest BCUT2D eigenvalue weighted by atomic mass is 10.1. The number of carbonyl (C=O) groups excluding carboxylic acids is 2. The number of carbonyl (C=O) groups is 2. The SMILES string of the molecule is Cc1cc(OCC(=O)NNC2=C(C(=O)C(F)(F)F)CCC2)ccc1Cl. The smallest absolute Gasteiger partial charge is 0.454 e. The Morgan fingerprint density at radius 1 is 1.28 bits per heavy atom. The van der Waals surface area contributed by atoms with E-state index < -0.39 is 17.9 Å². The quantitative estimate of drug-likeness (QED) is 0.748. The van der Waals surface area contributed by atoms with Crippen LogP contribution in [-0.2, 0) is 9.59 Å². The number of hydrazine groups is 1. The molecule has 0 saturated heterocycles. The van der Waals surface area contributed by atoms with Crippen molar-refractivity contribution in [3.63, 3.8) is 0 Å². The minimum absolute atomic E-state index is 0.0249. The van der Waals surface area contributed by atoms with Crippen LogP contribution in [0.4, 0.5) is 13.2 Å². The van der Waals surface area contributed by atoms with E-state index in [0.717, 1.165) is 5.56 Å². The lowest BCUT2D eigenvalue weighted by molar-refractivity contribution is -0.166. The van der Waals surface area contributed by atoms with E-state index in [1.54, 1.807) is 25.1 Å². The minimum atomic E-state index is -4.92. The topological polar surface area (TPSA) is 67.4 Å². The average molecular weight is 377 g/mol. The van der Waals surface area contributed by atoms with Crippen LogP contribution in [0.2, 0.25) is 5.02 Å². The molecule has 0 spiro atoms. The van der Waals surface area contributed by atoms with Gasteiger partial charge in [0.15, 0.2) is 6.61 Å². The lowest BCUT2D eigenvalue weighted by Crippen LogP contribution is -2.40. The van der Waals surface area contributed by atoms with Crippen LogP contribution in [0, 0.1) is 6.92 Å². The molecule has 0 fully saturated rings. The van der Waals surface area contributed by atoms with E-state index in [1.807, 2.05) is 0 Å². The highest BCUT2D eigenvalue weighted by atomic mass is 35.5. The maximum Gasteiger partial charge on any atom is 0.454 e. The molecule has 9 heteroatoms. The fraction of sp³-hybridized carbons (Fsp3) is 0.375. The molecule has 0 aliphatic heterocycles. The van der Waals surface area contributed by atoms with Crippen molar-refractivity contribution in [3.05, 3.63) is 40.1 Å². The molecule has 25 heavy (non-hydrogen) atoms. The van der Waals surface area contributed by atoms with Crippen molar-refractivity contribution >= 4 is 23.3 Å². The number of halogens is 4. The summed E-state index contributed by atoms with van der Waals surface area (Å²) < 4.78 is 42.8. The fourth-order valence-corrected chi connectivity index (χ4v) is 2.46. The van der Waals surface area contributed by atoms with Crippen LogP contribution < -0.4 is 15.6 Å². The van der Waals surface area contributed by atoms with Crippen LogP contribution in [0.3, 0.4) is 0 Å². The van der Waals surface area contributed by atoms with Gasteiger partial charge in [-0.1, -0.05) is 11.6 Å². The zero-order valence-corrected chi connectivity index (χ0v) is 14.1. The molecular formula is C16H16ClF3N2O3. The predicted molar refractivity (Wildman–Crippen MR) is 84.9 cm³/mol. The summed E-state index contributed by atoms with van der Waals surface area (Å²) in [5, 5.41) is 0.563. The number of rotatable bonds is 6. The second-order valence-electron chi connectivity index (χ2n) is 5.51. The van der Waals surface area contributed by atoms with E-state index in [0.29, 0.717) is 17.2 Å². The fourth-order valence-electron chi connectivity index (χ4n) is 2.34. The summed E-state index contributed by atoms with van der Waals surface area (Å²) in [6.45, 7) is 1.44. The van der Waals surface area contributed by atoms with Crippen LogP contribution in [0.5, 0.6) is 5.75 Å². The largest absolute Gasteiger partial charge is 0.484 e. The molecule has 2 N–H and O–H groups in total. The van der Waals surface area contributed by atoms with Gasteiger partial charge < -0.3 is 10.2 Å². The third-order valence-electron chi connectivity index (χ3n) is 3.60. The van der Waals surface area contributed by atoms with E-state index in [1.165, 1.54) is 0 Å². The normalized spacial score (nSPS) is 14.4. The third kappa shape index (κ3) is 5.12. The predicted octanol–water partition coefficient (Wildman–Crippen LogP) is 3.22. The van der Waals surface area contributed by atoms with E-state index in [2.05, 4.69) is 10.9 Å². The van der Waals surface area contributed by atoms with Crippen molar-refractivity contribution in [2.45, 2.75) is 32.4 Å². The van der Waals surface area contributed by atoms with E-state index in [9.17, 15) is 22.8 Å². The first-order valence-corrected chi connectivity index (χ1v) is 7.83. The zero-order valence-electron chi connectivity index (χ0n) is 13.3. The van der Waals surface area contributed by atoms with Crippen LogP contribution in [0.15, 0.2) is 29.5 Å². The highest BCUT2D eigenvalue weighted by Crippen LogP contribution is 2.30. The van der Waals surface area contributed by atoms with Crippen molar-refractivity contribution in [1.82, 2.24) is 10.9 Å². The van der Waals surface area contributed by atoms with Gasteiger partial charge in [0.25, 0.3) is 11.7 Å². The van der Waals surface area contributed by atoms with Gasteiger partial charge in [-0.3, -0.25) is 15.0 Å². The van der Waals surface area contributed by atoms with Crippen molar-refractivity contribution in [2.24, 2.45) is 0 Å². The summed E-state index contributed by atoms with van der Waals surface area (Å²) in [5.74, 6) is -2.04. The molecule has 1 amide bonds. The molecule has 0 radical (unpaired) electrons. The first-order chi connectivity index (χ1) is 11.7. The Balaban J connectivity index is 1.88. The molecule has 0 bridgehead atoms. The molecule has 1 aromatic carbocycles. The maximum atomic E-state index is 12.5. The molecule has 5 nitrogen and oxygen atoms in total. The minimum Gasteiger partial charge on any atom is -0.484 e. The van der Waals surface area contributed by atoms with Gasteiger partial charge in [-0.25, -0.2) is 0 Å². The summed E-state index contributed by atoms with van der Waals surface area (Å²) in [6, 6.07) is 4.87. The molecule has 0 saturated carbocycles. The van der Waals surface area contributed by atoms with E-state index in [4.69, 9.17) is 16.3 Å². The van der Waals surface area contributed by atoms with Gasteiger partial charge in [-0.05, 0) is 49.9 Å². The van der Waals surface area contributed by atoms with Crippen molar-refractivity contribution in [1.29, 1.82) is 0 Å². The summed E-state index contributed by atoms with van der Waals surface area (Å²) in [5.41, 5.74) is 5.16. The van der Waals surface area contributed by atoms with Crippen molar-refractivity contribution in [3.8, 4) is 5.75 Å². The molecule has 1 aliphatic rings. The Labute approximate surface area is 147 Å². The van der Waals surface area contributed by atoms with Gasteiger partial charge in [0.1, 0.15) is 5.75 Å². The van der Waals surface area contributed by atoms with Gasteiger partial charge in [0.2, 0.25) is 0 Å². The second-order valence-corrected chi connectivity index (χ2v) is 5.92. The van der Waals surface area contributed by atoms with Crippen molar-refractivity contribution < 1.29 is 27.5 Å². The van der Waals surface area contributed by atoms with Crippen molar-refractivity contribution in [2.75, 3.05) is 6.61 Å². The van der Waals surface area contributed by atoms with Crippen LogP contribution in [0.1, 0.15) is 24.8 Å². The average Bonchev–Trinajstić information content (AvgIpc) is 3.00. The second kappa shape index (κ2) is 7.77. The molecule has 1 aromatic rings. The first kappa shape index (κ1) is 19.1. The number of allylic oxidation sites excluding steroid dienone is 2. The summed E-state index contributed by atoms with van der Waals surface area (Å²) in [6.07, 6.45) is -4.23. The number of hydrogen-bond donors (Lipinski definition) is 2. The van der Waals surface area contributed by atoms with E-state index in [-0.39, 0.29) is 30.7 Å². The zero-order chi connectivity index (χ0) is 18.6. The molecule has 2 rings (SSSR count). The van der Waals surface area contributed by atoms with Gasteiger partial charge in [0.05, 0.1) is 0 Å². The number of aryl methyl sites for hydroxylation is 1. The number of ketones is 1. The summed E-state index contributed by atoms with van der Waals surface area (Å²) in [7, 11) is 0. The Bertz CT molecular complexity index is 717. The summed E-state index contributed by atoms with van der Waals surface area (Å²) >= 11 is 5.88. The molecule has 0 aromatic heterocycles. The highest BCUT2D eigenvalue weighted by molar-refractivity contribution is 6.31. The Morgan fingerprint density at radius 3 is 2.64 bits per heavy atom. The van der Waals surface area contributed by atoms with Crippen LogP contribution in [0.25, 0.3) is 0 Å². The van der Waals surface area contributed by atoms with Gasteiger partial charge in [-0.15, -0.1) is 0 Å². The third-order valence-corrected chi connectivity index (χ3v) is 4.03. The Morgan fingerprint density at radius 2 is 2.00 bits per heavy atom. The molecule has 136 valence electrons. The van der Waals surface area contributed by atoms with Gasteiger partial charge in [-0.2, -0.15) is 13.2 Å². The number of hydrogen-bond acceptors (Lipinski definition) is 4. The number of nitrogens with one attached hydrogen (secondary N) is 2. The Hall–Kier alpha value is -2.22. The first-order valence-electron chi connectivity index (χ1n) is 7.46. The molecular weight excluding hydrogens is 361 g/mol. The van der Waals surface area contributed by atoms with Crippen LogP contribution in [-0.4, -0.2) is 24.5 Å². The number of ether oxygens (including phenoxy) is 1. The number of benzene rings is 1.